The summed E-state index contributed by atoms with van der Waals surface area (Å²) in [5, 5.41) is 3.38. The summed E-state index contributed by atoms with van der Waals surface area (Å²) >= 11 is 0. The number of carbonyl (C=O) groups is 1. The second-order valence-electron chi connectivity index (χ2n) is 8.38. The molecule has 3 aliphatic rings. The van der Waals surface area contributed by atoms with Crippen LogP contribution in [0.25, 0.3) is 0 Å². The molecule has 2 saturated carbocycles. The van der Waals surface area contributed by atoms with E-state index in [1.54, 1.807) is 0 Å². The van der Waals surface area contributed by atoms with E-state index in [0.29, 0.717) is 23.3 Å². The first-order chi connectivity index (χ1) is 9.93. The molecule has 0 radical (unpaired) electrons. The van der Waals surface area contributed by atoms with Gasteiger partial charge in [-0.1, -0.05) is 27.2 Å². The predicted octanol–water partition coefficient (Wildman–Crippen LogP) is 3.19. The van der Waals surface area contributed by atoms with Crippen LogP contribution in [0.3, 0.4) is 0 Å². The smallest absolute Gasteiger partial charge is 0.221 e. The molecular formula is C18H32N2O. The van der Waals surface area contributed by atoms with E-state index in [2.05, 4.69) is 31.0 Å². The van der Waals surface area contributed by atoms with Gasteiger partial charge in [0.15, 0.2) is 0 Å². The molecule has 1 saturated heterocycles. The monoisotopic (exact) mass is 292 g/mol. The molecule has 0 aromatic carbocycles. The Hall–Kier alpha value is -0.570. The van der Waals surface area contributed by atoms with Crippen LogP contribution in [0, 0.1) is 16.7 Å². The summed E-state index contributed by atoms with van der Waals surface area (Å²) in [5.41, 5.74) is 0.691. The molecule has 2 bridgehead atoms. The highest BCUT2D eigenvalue weighted by molar-refractivity contribution is 5.76. The summed E-state index contributed by atoms with van der Waals surface area (Å²) in [6, 6.07) is 0.403. The van der Waals surface area contributed by atoms with E-state index in [1.807, 2.05) is 0 Å². The third kappa shape index (κ3) is 2.62. The van der Waals surface area contributed by atoms with Gasteiger partial charge in [-0.3, -0.25) is 4.79 Å². The van der Waals surface area contributed by atoms with Crippen molar-refractivity contribution in [3.05, 3.63) is 0 Å². The van der Waals surface area contributed by atoms with Gasteiger partial charge in [-0.25, -0.2) is 0 Å². The molecule has 1 N–H and O–H groups in total. The fourth-order valence-electron chi connectivity index (χ4n) is 5.13. The van der Waals surface area contributed by atoms with Crippen molar-refractivity contribution in [1.82, 2.24) is 10.2 Å². The second-order valence-corrected chi connectivity index (χ2v) is 8.38. The van der Waals surface area contributed by atoms with Crippen molar-refractivity contribution in [3.63, 3.8) is 0 Å². The number of hydrogen-bond acceptors (Lipinski definition) is 2. The Labute approximate surface area is 129 Å². The third-order valence-electron chi connectivity index (χ3n) is 7.23. The molecule has 0 aromatic heterocycles. The van der Waals surface area contributed by atoms with Crippen molar-refractivity contribution in [1.29, 1.82) is 0 Å². The van der Waals surface area contributed by atoms with Crippen molar-refractivity contribution in [2.24, 2.45) is 16.7 Å². The number of hydrogen-bond donors (Lipinski definition) is 1. The molecule has 3 nitrogen and oxygen atoms in total. The Balaban J connectivity index is 1.49. The Morgan fingerprint density at radius 3 is 2.48 bits per heavy atom. The van der Waals surface area contributed by atoms with Crippen molar-refractivity contribution >= 4 is 5.91 Å². The Kier molecular flexibility index (Phi) is 4.06. The maximum atomic E-state index is 12.3. The average molecular weight is 292 g/mol. The van der Waals surface area contributed by atoms with Gasteiger partial charge in [0, 0.05) is 19.0 Å². The second kappa shape index (κ2) is 5.57. The first-order valence-corrected chi connectivity index (χ1v) is 8.95. The van der Waals surface area contributed by atoms with Crippen LogP contribution >= 0.6 is 0 Å². The minimum atomic E-state index is 0.273. The molecule has 1 amide bonds. The molecule has 0 spiro atoms. The standard InChI is InChI=1S/C18H32N2O/c1-17(2)14-7-9-18(17,3)15(13-14)19-16(21)8-12-20-10-5-4-6-11-20/h14-15H,4-13H2,1-3H3,(H,19,21)/t14-,15+,18-/m1/s1. The lowest BCUT2D eigenvalue weighted by Gasteiger charge is -2.39. The molecule has 0 unspecified atom stereocenters. The van der Waals surface area contributed by atoms with Crippen molar-refractivity contribution in [3.8, 4) is 0 Å². The van der Waals surface area contributed by atoms with Gasteiger partial charge in [-0.15, -0.1) is 0 Å². The zero-order valence-electron chi connectivity index (χ0n) is 14.1. The lowest BCUT2D eigenvalue weighted by atomic mass is 9.69. The molecule has 0 aromatic rings. The summed E-state index contributed by atoms with van der Waals surface area (Å²) in [6.45, 7) is 10.5. The quantitative estimate of drug-likeness (QED) is 0.863. The third-order valence-corrected chi connectivity index (χ3v) is 7.23. The summed E-state index contributed by atoms with van der Waals surface area (Å²) in [6.07, 6.45) is 8.47. The first kappa shape index (κ1) is 15.3. The van der Waals surface area contributed by atoms with E-state index in [-0.39, 0.29) is 5.91 Å². The number of fused-ring (bicyclic) bond motifs is 2. The van der Waals surface area contributed by atoms with Crippen LogP contribution in [0.5, 0.6) is 0 Å². The number of nitrogens with zero attached hydrogens (tertiary/aromatic N) is 1. The number of rotatable bonds is 4. The minimum Gasteiger partial charge on any atom is -0.353 e. The van der Waals surface area contributed by atoms with Crippen LogP contribution in [-0.4, -0.2) is 36.5 Å². The van der Waals surface area contributed by atoms with Crippen LogP contribution in [0.4, 0.5) is 0 Å². The lowest BCUT2D eigenvalue weighted by molar-refractivity contribution is -0.123. The molecule has 3 fully saturated rings. The van der Waals surface area contributed by atoms with E-state index >= 15 is 0 Å². The van der Waals surface area contributed by atoms with Gasteiger partial charge in [0.2, 0.25) is 5.91 Å². The highest BCUT2D eigenvalue weighted by Gasteiger charge is 2.61. The van der Waals surface area contributed by atoms with E-state index in [4.69, 9.17) is 0 Å². The van der Waals surface area contributed by atoms with Crippen LogP contribution < -0.4 is 5.32 Å². The van der Waals surface area contributed by atoms with Crippen molar-refractivity contribution < 1.29 is 4.79 Å². The molecule has 2 aliphatic carbocycles. The van der Waals surface area contributed by atoms with Gasteiger partial charge in [0.1, 0.15) is 0 Å². The maximum Gasteiger partial charge on any atom is 0.221 e. The number of amides is 1. The summed E-state index contributed by atoms with van der Waals surface area (Å²) in [7, 11) is 0. The normalized spacial score (nSPS) is 38.6. The topological polar surface area (TPSA) is 32.3 Å². The fourth-order valence-corrected chi connectivity index (χ4v) is 5.13. The first-order valence-electron chi connectivity index (χ1n) is 8.95. The zero-order valence-corrected chi connectivity index (χ0v) is 14.1. The average Bonchev–Trinajstić information content (AvgIpc) is 2.79. The Bertz CT molecular complexity index is 400. The molecular weight excluding hydrogens is 260 g/mol. The number of piperidine rings is 1. The van der Waals surface area contributed by atoms with E-state index in [1.165, 1.54) is 51.6 Å². The lowest BCUT2D eigenvalue weighted by Crippen LogP contribution is -2.47. The molecule has 120 valence electrons. The van der Waals surface area contributed by atoms with Gasteiger partial charge >= 0.3 is 0 Å². The maximum absolute atomic E-state index is 12.3. The predicted molar refractivity (Wildman–Crippen MR) is 86.1 cm³/mol. The van der Waals surface area contributed by atoms with Crippen molar-refractivity contribution in [2.75, 3.05) is 19.6 Å². The molecule has 21 heavy (non-hydrogen) atoms. The van der Waals surface area contributed by atoms with Gasteiger partial charge in [0.25, 0.3) is 0 Å². The largest absolute Gasteiger partial charge is 0.353 e. The summed E-state index contributed by atoms with van der Waals surface area (Å²) < 4.78 is 0. The molecule has 1 heterocycles. The van der Waals surface area contributed by atoms with Gasteiger partial charge in [0.05, 0.1) is 0 Å². The number of likely N-dealkylation sites (tertiary alicyclic amines) is 1. The van der Waals surface area contributed by atoms with E-state index in [0.717, 1.165) is 12.5 Å². The number of nitrogens with one attached hydrogen (secondary N) is 1. The van der Waals surface area contributed by atoms with E-state index in [9.17, 15) is 4.79 Å². The minimum absolute atomic E-state index is 0.273. The van der Waals surface area contributed by atoms with Gasteiger partial charge in [-0.2, -0.15) is 0 Å². The van der Waals surface area contributed by atoms with Gasteiger partial charge < -0.3 is 10.2 Å². The SMILES string of the molecule is CC1(C)[C@@H]2CC[C@]1(C)[C@@H](NC(=O)CCN1CCCCC1)C2. The molecule has 3 atom stereocenters. The van der Waals surface area contributed by atoms with E-state index < -0.39 is 0 Å². The van der Waals surface area contributed by atoms with Crippen LogP contribution in [0.1, 0.15) is 65.7 Å². The molecule has 3 heteroatoms. The highest BCUT2D eigenvalue weighted by atomic mass is 16.1. The zero-order chi connectivity index (χ0) is 15.1. The van der Waals surface area contributed by atoms with Crippen LogP contribution in [0.2, 0.25) is 0 Å². The summed E-state index contributed by atoms with van der Waals surface area (Å²) in [4.78, 5) is 14.8. The Morgan fingerprint density at radius 2 is 1.90 bits per heavy atom. The van der Waals surface area contributed by atoms with Crippen LogP contribution in [-0.2, 0) is 4.79 Å². The summed E-state index contributed by atoms with van der Waals surface area (Å²) in [5.74, 6) is 1.07. The van der Waals surface area contributed by atoms with Gasteiger partial charge in [-0.05, 0) is 61.9 Å². The highest BCUT2D eigenvalue weighted by Crippen LogP contribution is 2.65. The molecule has 1 aliphatic heterocycles. The molecule has 3 rings (SSSR count). The Morgan fingerprint density at radius 1 is 1.19 bits per heavy atom. The van der Waals surface area contributed by atoms with Crippen LogP contribution in [0.15, 0.2) is 0 Å². The fraction of sp³-hybridized carbons (Fsp3) is 0.944. The number of carbonyl (C=O) groups excluding carboxylic acids is 1. The van der Waals surface area contributed by atoms with Crippen molar-refractivity contribution in [2.45, 2.75) is 71.8 Å².